The fourth-order valence-electron chi connectivity index (χ4n) is 3.40. The van der Waals surface area contributed by atoms with Gasteiger partial charge in [0, 0.05) is 17.5 Å². The van der Waals surface area contributed by atoms with Crippen molar-refractivity contribution in [3.63, 3.8) is 0 Å². The molecule has 3 aromatic carbocycles. The molecule has 162 valence electrons. The van der Waals surface area contributed by atoms with Crippen molar-refractivity contribution < 1.29 is 18.3 Å². The van der Waals surface area contributed by atoms with Gasteiger partial charge in [-0.2, -0.15) is 0 Å². The maximum Gasteiger partial charge on any atom is 0.255 e. The summed E-state index contributed by atoms with van der Waals surface area (Å²) >= 11 is 5.29. The number of benzene rings is 3. The Kier molecular flexibility index (Phi) is 6.13. The molecule has 0 saturated heterocycles. The van der Waals surface area contributed by atoms with E-state index in [2.05, 4.69) is 16.0 Å². The minimum absolute atomic E-state index is 0.141. The zero-order valence-corrected chi connectivity index (χ0v) is 17.8. The van der Waals surface area contributed by atoms with Gasteiger partial charge in [-0.1, -0.05) is 30.3 Å². The lowest BCUT2D eigenvalue weighted by Gasteiger charge is -2.30. The van der Waals surface area contributed by atoms with Crippen LogP contribution in [-0.2, 0) is 4.79 Å². The van der Waals surface area contributed by atoms with Gasteiger partial charge in [0.15, 0.2) is 16.7 Å². The fourth-order valence-corrected chi connectivity index (χ4v) is 3.67. The van der Waals surface area contributed by atoms with Gasteiger partial charge in [0.1, 0.15) is 11.5 Å². The molecule has 0 fully saturated rings. The second-order valence-corrected chi connectivity index (χ2v) is 7.55. The van der Waals surface area contributed by atoms with Gasteiger partial charge >= 0.3 is 0 Å². The topological polar surface area (TPSA) is 62.4 Å². The number of para-hydroxylation sites is 1. The zero-order chi connectivity index (χ0) is 22.7. The molecule has 4 rings (SSSR count). The second-order valence-electron chi connectivity index (χ2n) is 7.14. The highest BCUT2D eigenvalue weighted by molar-refractivity contribution is 7.80. The molecule has 3 aromatic rings. The summed E-state index contributed by atoms with van der Waals surface area (Å²) in [5.74, 6) is -1.23. The molecule has 1 heterocycles. The van der Waals surface area contributed by atoms with Gasteiger partial charge in [-0.25, -0.2) is 8.78 Å². The Hall–Kier alpha value is -3.78. The molecular formula is C24H19F2N3O2S. The number of rotatable bonds is 5. The lowest BCUT2D eigenvalue weighted by Crippen LogP contribution is -2.45. The van der Waals surface area contributed by atoms with Gasteiger partial charge in [0.05, 0.1) is 11.6 Å². The summed E-state index contributed by atoms with van der Waals surface area (Å²) in [5, 5.41) is 9.04. The minimum Gasteiger partial charge on any atom is -0.457 e. The van der Waals surface area contributed by atoms with Gasteiger partial charge in [0.2, 0.25) is 0 Å². The maximum atomic E-state index is 13.6. The number of carbonyl (C=O) groups is 1. The van der Waals surface area contributed by atoms with Crippen molar-refractivity contribution >= 4 is 28.9 Å². The van der Waals surface area contributed by atoms with Crippen LogP contribution in [0.1, 0.15) is 18.5 Å². The number of anilines is 1. The highest BCUT2D eigenvalue weighted by Crippen LogP contribution is 2.31. The molecule has 0 aromatic heterocycles. The average molecular weight is 451 g/mol. The maximum absolute atomic E-state index is 13.6. The predicted octanol–water partition coefficient (Wildman–Crippen LogP) is 5.19. The van der Waals surface area contributed by atoms with E-state index in [9.17, 15) is 13.6 Å². The Morgan fingerprint density at radius 3 is 2.47 bits per heavy atom. The Balaban J connectivity index is 1.63. The first kappa shape index (κ1) is 21.5. The van der Waals surface area contributed by atoms with Crippen LogP contribution in [0.5, 0.6) is 11.5 Å². The molecule has 0 unspecified atom stereocenters. The van der Waals surface area contributed by atoms with Crippen molar-refractivity contribution in [3.8, 4) is 11.5 Å². The lowest BCUT2D eigenvalue weighted by atomic mass is 9.94. The van der Waals surface area contributed by atoms with E-state index in [1.807, 2.05) is 54.6 Å². The van der Waals surface area contributed by atoms with Crippen molar-refractivity contribution in [1.82, 2.24) is 10.6 Å². The number of hydrogen-bond donors (Lipinski definition) is 3. The van der Waals surface area contributed by atoms with E-state index in [4.69, 9.17) is 17.0 Å². The third-order valence-electron chi connectivity index (χ3n) is 4.86. The molecule has 0 radical (unpaired) electrons. The van der Waals surface area contributed by atoms with E-state index in [1.54, 1.807) is 6.92 Å². The molecule has 32 heavy (non-hydrogen) atoms. The molecule has 5 nitrogen and oxygen atoms in total. The number of amides is 1. The monoisotopic (exact) mass is 451 g/mol. The number of ether oxygens (including phenoxy) is 1. The number of halogens is 2. The lowest BCUT2D eigenvalue weighted by molar-refractivity contribution is -0.113. The molecule has 0 aliphatic carbocycles. The number of carbonyl (C=O) groups excluding carboxylic acids is 1. The first-order valence-electron chi connectivity index (χ1n) is 9.78. The molecule has 0 bridgehead atoms. The number of nitrogens with one attached hydrogen (secondary N) is 3. The summed E-state index contributed by atoms with van der Waals surface area (Å²) in [5.41, 5.74) is 1.80. The summed E-state index contributed by atoms with van der Waals surface area (Å²) in [4.78, 5) is 13.1. The van der Waals surface area contributed by atoms with Gasteiger partial charge in [-0.3, -0.25) is 4.79 Å². The Morgan fingerprint density at radius 1 is 0.969 bits per heavy atom. The molecule has 0 saturated carbocycles. The van der Waals surface area contributed by atoms with Crippen LogP contribution in [0, 0.1) is 11.6 Å². The zero-order valence-electron chi connectivity index (χ0n) is 17.0. The smallest absolute Gasteiger partial charge is 0.255 e. The van der Waals surface area contributed by atoms with E-state index in [0.29, 0.717) is 27.9 Å². The van der Waals surface area contributed by atoms with Crippen LogP contribution in [0.4, 0.5) is 14.5 Å². The van der Waals surface area contributed by atoms with Crippen LogP contribution >= 0.6 is 12.2 Å². The van der Waals surface area contributed by atoms with E-state index in [1.165, 1.54) is 6.07 Å². The first-order chi connectivity index (χ1) is 15.4. The highest BCUT2D eigenvalue weighted by Gasteiger charge is 2.30. The molecule has 1 atom stereocenters. The van der Waals surface area contributed by atoms with E-state index >= 15 is 0 Å². The van der Waals surface area contributed by atoms with Crippen LogP contribution in [0.2, 0.25) is 0 Å². The molecule has 1 aliphatic heterocycles. The Labute approximate surface area is 189 Å². The number of allylic oxidation sites excluding steroid dienone is 1. The standard InChI is InChI=1S/C24H19F2N3O2S/c1-14-21(23(30)28-16-10-11-19(25)20(26)13-16)22(29-24(32)27-14)15-6-5-9-18(12-15)31-17-7-3-2-4-8-17/h2-13,22H,1H3,(H,28,30)(H2,27,29,32)/t22-/m0/s1. The summed E-state index contributed by atoms with van der Waals surface area (Å²) in [6.45, 7) is 1.73. The number of thiocarbonyl (C=S) groups is 1. The molecule has 8 heteroatoms. The van der Waals surface area contributed by atoms with Gasteiger partial charge in [-0.15, -0.1) is 0 Å². The van der Waals surface area contributed by atoms with Crippen molar-refractivity contribution in [1.29, 1.82) is 0 Å². The fraction of sp³-hybridized carbons (Fsp3) is 0.0833. The summed E-state index contributed by atoms with van der Waals surface area (Å²) < 4.78 is 32.7. The van der Waals surface area contributed by atoms with E-state index < -0.39 is 23.6 Å². The van der Waals surface area contributed by atoms with Crippen LogP contribution in [0.25, 0.3) is 0 Å². The predicted molar refractivity (Wildman–Crippen MR) is 122 cm³/mol. The van der Waals surface area contributed by atoms with Crippen LogP contribution in [-0.4, -0.2) is 11.0 Å². The molecule has 1 aliphatic rings. The van der Waals surface area contributed by atoms with Gasteiger partial charge < -0.3 is 20.7 Å². The van der Waals surface area contributed by atoms with E-state index in [-0.39, 0.29) is 5.69 Å². The Morgan fingerprint density at radius 2 is 1.72 bits per heavy atom. The van der Waals surface area contributed by atoms with Crippen molar-refractivity contribution in [2.75, 3.05) is 5.32 Å². The van der Waals surface area contributed by atoms with Crippen molar-refractivity contribution in [2.24, 2.45) is 0 Å². The van der Waals surface area contributed by atoms with Crippen LogP contribution in [0.3, 0.4) is 0 Å². The molecule has 0 spiro atoms. The largest absolute Gasteiger partial charge is 0.457 e. The summed E-state index contributed by atoms with van der Waals surface area (Å²) in [7, 11) is 0. The second kappa shape index (κ2) is 9.15. The molecule has 3 N–H and O–H groups in total. The summed E-state index contributed by atoms with van der Waals surface area (Å²) in [6, 6.07) is 19.2. The van der Waals surface area contributed by atoms with E-state index in [0.717, 1.165) is 17.7 Å². The quantitative estimate of drug-likeness (QED) is 0.466. The van der Waals surface area contributed by atoms with Crippen LogP contribution in [0.15, 0.2) is 84.1 Å². The normalized spacial score (nSPS) is 15.6. The number of hydrogen-bond acceptors (Lipinski definition) is 3. The van der Waals surface area contributed by atoms with Crippen LogP contribution < -0.4 is 20.7 Å². The van der Waals surface area contributed by atoms with Gasteiger partial charge in [0.25, 0.3) is 5.91 Å². The van der Waals surface area contributed by atoms with Crippen molar-refractivity contribution in [2.45, 2.75) is 13.0 Å². The Bertz CT molecular complexity index is 1210. The highest BCUT2D eigenvalue weighted by atomic mass is 32.1. The SMILES string of the molecule is CC1=C(C(=O)Nc2ccc(F)c(F)c2)[C@H](c2cccc(Oc3ccccc3)c2)NC(=S)N1. The first-order valence-corrected chi connectivity index (χ1v) is 10.2. The minimum atomic E-state index is -1.04. The third kappa shape index (κ3) is 4.76. The molecular weight excluding hydrogens is 432 g/mol. The average Bonchev–Trinajstić information content (AvgIpc) is 2.76. The van der Waals surface area contributed by atoms with Gasteiger partial charge in [-0.05, 0) is 61.1 Å². The summed E-state index contributed by atoms with van der Waals surface area (Å²) in [6.07, 6.45) is 0. The molecule has 1 amide bonds. The third-order valence-corrected chi connectivity index (χ3v) is 5.08. The van der Waals surface area contributed by atoms with Crippen molar-refractivity contribution in [3.05, 3.63) is 101 Å².